The number of rotatable bonds is 6. The molecule has 8 heteroatoms. The van der Waals surface area contributed by atoms with Crippen molar-refractivity contribution in [2.45, 2.75) is 13.3 Å². The predicted molar refractivity (Wildman–Crippen MR) is 76.1 cm³/mol. The molecule has 0 radical (unpaired) electrons. The summed E-state index contributed by atoms with van der Waals surface area (Å²) >= 11 is 0. The highest BCUT2D eigenvalue weighted by molar-refractivity contribution is 5.90. The Bertz CT molecular complexity index is 689. The van der Waals surface area contributed by atoms with Gasteiger partial charge < -0.3 is 10.4 Å². The minimum absolute atomic E-state index is 0.0379. The Morgan fingerprint density at radius 1 is 1.48 bits per heavy atom. The largest absolute Gasteiger partial charge is 0.481 e. The maximum atomic E-state index is 10.8. The highest BCUT2D eigenvalue weighted by Gasteiger charge is 2.12. The summed E-state index contributed by atoms with van der Waals surface area (Å²) in [6, 6.07) is 4.34. The number of nitrogens with zero attached hydrogens (tertiary/aromatic N) is 3. The molecule has 8 nitrogen and oxygen atoms in total. The van der Waals surface area contributed by atoms with Crippen LogP contribution < -0.4 is 5.32 Å². The van der Waals surface area contributed by atoms with Crippen LogP contribution in [0.15, 0.2) is 24.5 Å². The zero-order valence-electron chi connectivity index (χ0n) is 11.3. The third-order valence-corrected chi connectivity index (χ3v) is 2.97. The van der Waals surface area contributed by atoms with Gasteiger partial charge in [0.15, 0.2) is 0 Å². The molecule has 0 aliphatic heterocycles. The van der Waals surface area contributed by atoms with E-state index in [2.05, 4.69) is 15.3 Å². The summed E-state index contributed by atoms with van der Waals surface area (Å²) in [6.07, 6.45) is 1.40. The van der Waals surface area contributed by atoms with E-state index >= 15 is 0 Å². The van der Waals surface area contributed by atoms with E-state index in [4.69, 9.17) is 5.11 Å². The first-order valence-electron chi connectivity index (χ1n) is 6.32. The van der Waals surface area contributed by atoms with Crippen molar-refractivity contribution in [3.63, 3.8) is 0 Å². The predicted octanol–water partition coefficient (Wildman–Crippen LogP) is 2.06. The van der Waals surface area contributed by atoms with Crippen molar-refractivity contribution in [1.82, 2.24) is 9.97 Å². The number of nitrogens with one attached hydrogen (secondary N) is 1. The summed E-state index contributed by atoms with van der Waals surface area (Å²) in [6.45, 7) is 2.20. The van der Waals surface area contributed by atoms with E-state index in [0.717, 1.165) is 0 Å². The fourth-order valence-corrected chi connectivity index (χ4v) is 1.94. The van der Waals surface area contributed by atoms with Gasteiger partial charge in [0.2, 0.25) is 0 Å². The quantitative estimate of drug-likeness (QED) is 0.617. The van der Waals surface area contributed by atoms with E-state index in [1.165, 1.54) is 18.5 Å². The van der Waals surface area contributed by atoms with E-state index in [9.17, 15) is 14.9 Å². The highest BCUT2D eigenvalue weighted by atomic mass is 16.6. The second-order valence-corrected chi connectivity index (χ2v) is 4.76. The molecule has 2 rings (SSSR count). The summed E-state index contributed by atoms with van der Waals surface area (Å²) < 4.78 is 0. The van der Waals surface area contributed by atoms with Crippen molar-refractivity contribution >= 4 is 28.4 Å². The van der Waals surface area contributed by atoms with Crippen LogP contribution in [-0.2, 0) is 4.79 Å². The Hall–Kier alpha value is -2.77. The van der Waals surface area contributed by atoms with Crippen LogP contribution in [0, 0.1) is 16.0 Å². The van der Waals surface area contributed by atoms with Crippen molar-refractivity contribution in [3.05, 3.63) is 34.6 Å². The van der Waals surface area contributed by atoms with Crippen LogP contribution >= 0.6 is 0 Å². The lowest BCUT2D eigenvalue weighted by atomic mass is 10.1. The summed E-state index contributed by atoms with van der Waals surface area (Å²) in [7, 11) is 0. The average Bonchev–Trinajstić information content (AvgIpc) is 2.43. The van der Waals surface area contributed by atoms with Crippen LogP contribution in [0.3, 0.4) is 0 Å². The number of aliphatic carboxylic acids is 1. The van der Waals surface area contributed by atoms with Gasteiger partial charge >= 0.3 is 5.97 Å². The van der Waals surface area contributed by atoms with Crippen molar-refractivity contribution in [3.8, 4) is 0 Å². The van der Waals surface area contributed by atoms with Gasteiger partial charge in [-0.3, -0.25) is 14.9 Å². The third-order valence-electron chi connectivity index (χ3n) is 2.97. The van der Waals surface area contributed by atoms with Crippen LogP contribution in [0.25, 0.3) is 10.9 Å². The highest BCUT2D eigenvalue weighted by Crippen LogP contribution is 2.24. The molecule has 1 aromatic carbocycles. The zero-order chi connectivity index (χ0) is 15.4. The van der Waals surface area contributed by atoms with Gasteiger partial charge in [0.25, 0.3) is 5.69 Å². The molecule has 0 fully saturated rings. The van der Waals surface area contributed by atoms with Gasteiger partial charge in [-0.1, -0.05) is 6.92 Å². The molecular weight excluding hydrogens is 276 g/mol. The number of carbonyl (C=O) groups is 1. The molecule has 21 heavy (non-hydrogen) atoms. The smallest absolute Gasteiger partial charge is 0.303 e. The molecule has 0 aliphatic rings. The van der Waals surface area contributed by atoms with E-state index in [1.807, 2.05) is 0 Å². The SMILES string of the molecule is CC(CNc1ncnc2ccc([N+](=O)[O-])cc12)CC(=O)O. The fraction of sp³-hybridized carbons (Fsp3) is 0.308. The fourth-order valence-electron chi connectivity index (χ4n) is 1.94. The monoisotopic (exact) mass is 290 g/mol. The number of aromatic nitrogens is 2. The maximum Gasteiger partial charge on any atom is 0.303 e. The standard InChI is InChI=1S/C13H14N4O4/c1-8(4-12(18)19)6-14-13-10-5-9(17(20)21)2-3-11(10)15-7-16-13/h2-3,5,7-8H,4,6H2,1H3,(H,18,19)(H,14,15,16). The molecule has 0 saturated carbocycles. The number of benzene rings is 1. The van der Waals surface area contributed by atoms with Crippen molar-refractivity contribution in [2.24, 2.45) is 5.92 Å². The number of nitro benzene ring substituents is 1. The third kappa shape index (κ3) is 3.62. The van der Waals surface area contributed by atoms with E-state index in [1.54, 1.807) is 13.0 Å². The number of anilines is 1. The van der Waals surface area contributed by atoms with Gasteiger partial charge in [0.05, 0.1) is 10.4 Å². The van der Waals surface area contributed by atoms with E-state index in [0.29, 0.717) is 23.3 Å². The molecule has 1 unspecified atom stereocenters. The van der Waals surface area contributed by atoms with Crippen LogP contribution in [0.1, 0.15) is 13.3 Å². The molecule has 0 amide bonds. The Labute approximate surface area is 120 Å². The second kappa shape index (κ2) is 6.12. The molecule has 0 aliphatic carbocycles. The Balaban J connectivity index is 2.24. The molecule has 1 atom stereocenters. The first kappa shape index (κ1) is 14.6. The first-order chi connectivity index (χ1) is 9.97. The molecule has 1 aromatic heterocycles. The van der Waals surface area contributed by atoms with Crippen LogP contribution in [0.5, 0.6) is 0 Å². The first-order valence-corrected chi connectivity index (χ1v) is 6.32. The summed E-state index contributed by atoms with van der Waals surface area (Å²) in [5, 5.41) is 23.1. The maximum absolute atomic E-state index is 10.8. The van der Waals surface area contributed by atoms with Crippen LogP contribution in [-0.4, -0.2) is 32.5 Å². The van der Waals surface area contributed by atoms with Gasteiger partial charge in [-0.05, 0) is 12.0 Å². The minimum Gasteiger partial charge on any atom is -0.481 e. The lowest BCUT2D eigenvalue weighted by Gasteiger charge is -2.12. The number of non-ortho nitro benzene ring substituents is 1. The van der Waals surface area contributed by atoms with Crippen molar-refractivity contribution in [1.29, 1.82) is 0 Å². The van der Waals surface area contributed by atoms with Gasteiger partial charge in [0, 0.05) is 30.5 Å². The molecule has 0 spiro atoms. The Kier molecular flexibility index (Phi) is 4.27. The summed E-state index contributed by atoms with van der Waals surface area (Å²) in [5.74, 6) is -0.500. The Morgan fingerprint density at radius 2 is 2.24 bits per heavy atom. The normalized spacial score (nSPS) is 12.0. The zero-order valence-corrected chi connectivity index (χ0v) is 11.3. The van der Waals surface area contributed by atoms with Gasteiger partial charge in [-0.2, -0.15) is 0 Å². The van der Waals surface area contributed by atoms with Gasteiger partial charge in [0.1, 0.15) is 12.1 Å². The number of carboxylic acid groups (broad SMARTS) is 1. The molecule has 0 bridgehead atoms. The van der Waals surface area contributed by atoms with Gasteiger partial charge in [-0.25, -0.2) is 9.97 Å². The summed E-state index contributed by atoms with van der Waals surface area (Å²) in [4.78, 5) is 29.1. The second-order valence-electron chi connectivity index (χ2n) is 4.76. The Morgan fingerprint density at radius 3 is 2.90 bits per heavy atom. The molecule has 1 heterocycles. The average molecular weight is 290 g/mol. The number of nitro groups is 1. The van der Waals surface area contributed by atoms with E-state index < -0.39 is 10.9 Å². The number of hydrogen-bond donors (Lipinski definition) is 2. The van der Waals surface area contributed by atoms with Crippen LogP contribution in [0.4, 0.5) is 11.5 Å². The molecule has 110 valence electrons. The molecular formula is C13H14N4O4. The lowest BCUT2D eigenvalue weighted by Crippen LogP contribution is -2.15. The minimum atomic E-state index is -0.868. The van der Waals surface area contributed by atoms with Crippen LogP contribution in [0.2, 0.25) is 0 Å². The number of hydrogen-bond acceptors (Lipinski definition) is 6. The van der Waals surface area contributed by atoms with E-state index in [-0.39, 0.29) is 18.0 Å². The topological polar surface area (TPSA) is 118 Å². The molecule has 2 aromatic rings. The molecule has 0 saturated heterocycles. The van der Waals surface area contributed by atoms with Crippen molar-refractivity contribution < 1.29 is 14.8 Å². The van der Waals surface area contributed by atoms with Gasteiger partial charge in [-0.15, -0.1) is 0 Å². The number of fused-ring (bicyclic) bond motifs is 1. The van der Waals surface area contributed by atoms with Crippen molar-refractivity contribution in [2.75, 3.05) is 11.9 Å². The molecule has 2 N–H and O–H groups in total. The summed E-state index contributed by atoms with van der Waals surface area (Å²) in [5.41, 5.74) is 0.544. The lowest BCUT2D eigenvalue weighted by molar-refractivity contribution is -0.384. The number of carboxylic acids is 1.